The standard InChI is InChI=1S/C10H15ClN2O3S2/c1-7(17(2)14)6-13-18(15,16)10-4-3-8(12)5-9(10)11/h3-5,7,13H,6,12H2,1-2H3. The Morgan fingerprint density at radius 3 is 2.61 bits per heavy atom. The molecule has 0 heterocycles. The molecule has 1 aromatic carbocycles. The van der Waals surface area contributed by atoms with E-state index in [-0.39, 0.29) is 21.7 Å². The van der Waals surface area contributed by atoms with Gasteiger partial charge in [0.1, 0.15) is 4.90 Å². The van der Waals surface area contributed by atoms with Gasteiger partial charge in [-0.05, 0) is 25.1 Å². The molecule has 1 rings (SSSR count). The van der Waals surface area contributed by atoms with Gasteiger partial charge >= 0.3 is 0 Å². The van der Waals surface area contributed by atoms with E-state index < -0.39 is 20.8 Å². The summed E-state index contributed by atoms with van der Waals surface area (Å²) in [6, 6.07) is 4.17. The average molecular weight is 311 g/mol. The van der Waals surface area contributed by atoms with Crippen molar-refractivity contribution in [2.75, 3.05) is 18.5 Å². The van der Waals surface area contributed by atoms with E-state index in [2.05, 4.69) is 4.72 Å². The zero-order valence-corrected chi connectivity index (χ0v) is 12.4. The Hall–Kier alpha value is -0.630. The lowest BCUT2D eigenvalue weighted by atomic mass is 10.3. The van der Waals surface area contributed by atoms with E-state index in [1.807, 2.05) is 0 Å². The van der Waals surface area contributed by atoms with Crippen LogP contribution in [0, 0.1) is 0 Å². The summed E-state index contributed by atoms with van der Waals surface area (Å²) < 4.78 is 37.4. The molecular weight excluding hydrogens is 296 g/mol. The Kier molecular flexibility index (Phi) is 5.15. The van der Waals surface area contributed by atoms with Crippen LogP contribution < -0.4 is 10.5 Å². The largest absolute Gasteiger partial charge is 0.399 e. The van der Waals surface area contributed by atoms with Gasteiger partial charge in [-0.15, -0.1) is 0 Å². The summed E-state index contributed by atoms with van der Waals surface area (Å²) in [5.74, 6) is 0. The van der Waals surface area contributed by atoms with Crippen LogP contribution in [0.5, 0.6) is 0 Å². The predicted molar refractivity (Wildman–Crippen MR) is 74.6 cm³/mol. The van der Waals surface area contributed by atoms with E-state index in [4.69, 9.17) is 17.3 Å². The van der Waals surface area contributed by atoms with Gasteiger partial charge in [-0.3, -0.25) is 4.21 Å². The van der Waals surface area contributed by atoms with E-state index in [9.17, 15) is 12.6 Å². The molecule has 2 unspecified atom stereocenters. The van der Waals surface area contributed by atoms with E-state index in [0.29, 0.717) is 5.69 Å². The molecule has 5 nitrogen and oxygen atoms in total. The molecule has 1 aromatic rings. The van der Waals surface area contributed by atoms with E-state index >= 15 is 0 Å². The van der Waals surface area contributed by atoms with Crippen molar-refractivity contribution in [1.29, 1.82) is 0 Å². The van der Waals surface area contributed by atoms with Gasteiger partial charge in [0, 0.05) is 34.5 Å². The molecule has 0 bridgehead atoms. The summed E-state index contributed by atoms with van der Waals surface area (Å²) in [5.41, 5.74) is 5.88. The zero-order chi connectivity index (χ0) is 13.9. The first-order chi connectivity index (χ1) is 8.24. The quantitative estimate of drug-likeness (QED) is 0.793. The number of nitrogens with two attached hydrogens (primary N) is 1. The third-order valence-corrected chi connectivity index (χ3v) is 5.58. The van der Waals surface area contributed by atoms with E-state index in [1.54, 1.807) is 6.92 Å². The summed E-state index contributed by atoms with van der Waals surface area (Å²) in [6.07, 6.45) is 1.52. The molecule has 0 spiro atoms. The number of sulfonamides is 1. The first kappa shape index (κ1) is 15.4. The van der Waals surface area contributed by atoms with Gasteiger partial charge in [-0.2, -0.15) is 0 Å². The highest BCUT2D eigenvalue weighted by Crippen LogP contribution is 2.23. The van der Waals surface area contributed by atoms with Gasteiger partial charge in [0.05, 0.1) is 5.02 Å². The van der Waals surface area contributed by atoms with E-state index in [0.717, 1.165) is 0 Å². The minimum absolute atomic E-state index is 0.0348. The van der Waals surface area contributed by atoms with Crippen LogP contribution in [0.2, 0.25) is 5.02 Å². The third kappa shape index (κ3) is 3.94. The number of benzene rings is 1. The number of nitrogen functional groups attached to an aromatic ring is 1. The highest BCUT2D eigenvalue weighted by Gasteiger charge is 2.19. The van der Waals surface area contributed by atoms with Crippen molar-refractivity contribution < 1.29 is 12.6 Å². The van der Waals surface area contributed by atoms with Crippen molar-refractivity contribution in [3.63, 3.8) is 0 Å². The fraction of sp³-hybridized carbons (Fsp3) is 0.400. The van der Waals surface area contributed by atoms with Crippen molar-refractivity contribution in [2.24, 2.45) is 0 Å². The lowest BCUT2D eigenvalue weighted by molar-refractivity contribution is 0.581. The summed E-state index contributed by atoms with van der Waals surface area (Å²) in [5, 5.41) is -0.208. The number of anilines is 1. The van der Waals surface area contributed by atoms with Crippen molar-refractivity contribution >= 4 is 38.1 Å². The van der Waals surface area contributed by atoms with E-state index in [1.165, 1.54) is 24.5 Å². The minimum Gasteiger partial charge on any atom is -0.399 e. The number of rotatable bonds is 5. The predicted octanol–water partition coefficient (Wildman–Crippen LogP) is 0.968. The monoisotopic (exact) mass is 310 g/mol. The molecule has 0 saturated carbocycles. The molecule has 0 fully saturated rings. The Bertz CT molecular complexity index is 560. The second-order valence-electron chi connectivity index (χ2n) is 3.85. The van der Waals surface area contributed by atoms with Gasteiger partial charge < -0.3 is 5.73 Å². The Labute approximate surface area is 114 Å². The minimum atomic E-state index is -3.71. The van der Waals surface area contributed by atoms with Crippen LogP contribution in [0.1, 0.15) is 6.92 Å². The number of nitrogens with one attached hydrogen (secondary N) is 1. The Morgan fingerprint density at radius 2 is 2.11 bits per heavy atom. The van der Waals surface area contributed by atoms with Crippen LogP contribution in [0.25, 0.3) is 0 Å². The van der Waals surface area contributed by atoms with Crippen molar-refractivity contribution in [3.05, 3.63) is 23.2 Å². The lowest BCUT2D eigenvalue weighted by Gasteiger charge is -2.11. The molecule has 18 heavy (non-hydrogen) atoms. The fourth-order valence-electron chi connectivity index (χ4n) is 1.16. The molecule has 0 radical (unpaired) electrons. The summed E-state index contributed by atoms with van der Waals surface area (Å²) in [4.78, 5) is -0.0348. The third-order valence-electron chi connectivity index (χ3n) is 2.37. The molecule has 0 aliphatic heterocycles. The molecule has 0 aliphatic carbocycles. The SMILES string of the molecule is CC(CNS(=O)(=O)c1ccc(N)cc1Cl)S(C)=O. The van der Waals surface area contributed by atoms with Gasteiger partial charge in [0.25, 0.3) is 0 Å². The molecule has 8 heteroatoms. The van der Waals surface area contributed by atoms with Gasteiger partial charge in [-0.1, -0.05) is 11.6 Å². The van der Waals surface area contributed by atoms with Crippen LogP contribution in [-0.2, 0) is 20.8 Å². The summed E-state index contributed by atoms with van der Waals surface area (Å²) >= 11 is 5.83. The highest BCUT2D eigenvalue weighted by atomic mass is 35.5. The number of halogens is 1. The van der Waals surface area contributed by atoms with Crippen LogP contribution in [0.4, 0.5) is 5.69 Å². The lowest BCUT2D eigenvalue weighted by Crippen LogP contribution is -2.32. The molecule has 3 N–H and O–H groups in total. The fourth-order valence-corrected chi connectivity index (χ4v) is 3.26. The van der Waals surface area contributed by atoms with Crippen LogP contribution >= 0.6 is 11.6 Å². The molecule has 0 aliphatic rings. The molecule has 0 aromatic heterocycles. The van der Waals surface area contributed by atoms with Gasteiger partial charge in [-0.25, -0.2) is 13.1 Å². The normalized spacial score (nSPS) is 15.3. The van der Waals surface area contributed by atoms with Gasteiger partial charge in [0.2, 0.25) is 10.0 Å². The van der Waals surface area contributed by atoms with Crippen molar-refractivity contribution in [1.82, 2.24) is 4.72 Å². The molecule has 2 atom stereocenters. The Balaban J connectivity index is 2.90. The summed E-state index contributed by atoms with van der Waals surface area (Å²) in [6.45, 7) is 1.79. The van der Waals surface area contributed by atoms with Crippen LogP contribution in [-0.4, -0.2) is 30.7 Å². The highest BCUT2D eigenvalue weighted by molar-refractivity contribution is 7.89. The van der Waals surface area contributed by atoms with Crippen LogP contribution in [0.3, 0.4) is 0 Å². The zero-order valence-electron chi connectivity index (χ0n) is 10.0. The van der Waals surface area contributed by atoms with Gasteiger partial charge in [0.15, 0.2) is 0 Å². The second kappa shape index (κ2) is 6.01. The molecule has 102 valence electrons. The van der Waals surface area contributed by atoms with Crippen molar-refractivity contribution in [2.45, 2.75) is 17.1 Å². The van der Waals surface area contributed by atoms with Crippen LogP contribution in [0.15, 0.2) is 23.1 Å². The second-order valence-corrected chi connectivity index (χ2v) is 7.80. The topological polar surface area (TPSA) is 89.3 Å². The first-order valence-electron chi connectivity index (χ1n) is 5.11. The number of hydrogen-bond acceptors (Lipinski definition) is 4. The smallest absolute Gasteiger partial charge is 0.242 e. The molecule has 0 amide bonds. The first-order valence-corrected chi connectivity index (χ1v) is 8.59. The molecule has 0 saturated heterocycles. The Morgan fingerprint density at radius 1 is 1.50 bits per heavy atom. The molecular formula is C10H15ClN2O3S2. The maximum absolute atomic E-state index is 12.0. The number of hydrogen-bond donors (Lipinski definition) is 2. The van der Waals surface area contributed by atoms with Crippen molar-refractivity contribution in [3.8, 4) is 0 Å². The summed E-state index contributed by atoms with van der Waals surface area (Å²) in [7, 11) is -4.80. The average Bonchev–Trinajstić information content (AvgIpc) is 2.25. The maximum atomic E-state index is 12.0. The maximum Gasteiger partial charge on any atom is 0.242 e.